The van der Waals surface area contributed by atoms with Gasteiger partial charge in [-0.25, -0.2) is 14.8 Å². The zero-order valence-electron chi connectivity index (χ0n) is 24.1. The van der Waals surface area contributed by atoms with E-state index in [-0.39, 0.29) is 17.9 Å². The Morgan fingerprint density at radius 3 is 2.24 bits per heavy atom. The van der Waals surface area contributed by atoms with Crippen LogP contribution in [0.15, 0.2) is 12.4 Å². The van der Waals surface area contributed by atoms with Gasteiger partial charge in [-0.1, -0.05) is 13.8 Å². The molecule has 2 aliphatic heterocycles. The highest BCUT2D eigenvalue weighted by molar-refractivity contribution is 6.61. The van der Waals surface area contributed by atoms with Crippen LogP contribution < -0.4 is 15.7 Å². The summed E-state index contributed by atoms with van der Waals surface area (Å²) in [6.07, 6.45) is 4.66. The number of nitrogens with zero attached hydrogens (tertiary/aromatic N) is 4. The number of anilines is 1. The molecule has 1 unspecified atom stereocenters. The molecule has 2 atom stereocenters. The Hall–Kier alpha value is -2.40. The zero-order chi connectivity index (χ0) is 27.8. The maximum Gasteiger partial charge on any atom is 0.498 e. The molecular weight excluding hydrogens is 473 g/mol. The van der Waals surface area contributed by atoms with E-state index in [4.69, 9.17) is 14.0 Å². The van der Waals surface area contributed by atoms with Crippen molar-refractivity contribution < 1.29 is 23.6 Å². The largest absolute Gasteiger partial charge is 0.498 e. The average molecular weight is 517 g/mol. The third-order valence-electron chi connectivity index (χ3n) is 7.36. The molecule has 10 nitrogen and oxygen atoms in total. The van der Waals surface area contributed by atoms with Gasteiger partial charge in [0.25, 0.3) is 0 Å². The Morgan fingerprint density at radius 1 is 1.16 bits per heavy atom. The highest BCUT2D eigenvalue weighted by atomic mass is 16.7. The number of carbonyl (C=O) groups excluding carboxylic acids is 2. The molecule has 1 aromatic heterocycles. The summed E-state index contributed by atoms with van der Waals surface area (Å²) in [5.41, 5.74) is -0.732. The van der Waals surface area contributed by atoms with Gasteiger partial charge in [0.2, 0.25) is 11.9 Å². The van der Waals surface area contributed by atoms with E-state index in [0.717, 1.165) is 18.3 Å². The number of carbonyl (C=O) groups is 2. The van der Waals surface area contributed by atoms with E-state index in [1.807, 2.05) is 58.4 Å². The van der Waals surface area contributed by atoms with Gasteiger partial charge < -0.3 is 29.2 Å². The molecule has 206 valence electrons. The molecule has 2 saturated heterocycles. The first-order chi connectivity index (χ1) is 17.0. The molecule has 11 heteroatoms. The number of ether oxygens (including phenoxy) is 1. The van der Waals surface area contributed by atoms with Gasteiger partial charge >= 0.3 is 13.2 Å². The Morgan fingerprint density at radius 2 is 1.73 bits per heavy atom. The van der Waals surface area contributed by atoms with Gasteiger partial charge in [0, 0.05) is 44.0 Å². The highest BCUT2D eigenvalue weighted by Gasteiger charge is 2.52. The van der Waals surface area contributed by atoms with Crippen LogP contribution in [0, 0.1) is 5.92 Å². The number of hydrogen-bond donors (Lipinski definition) is 1. The molecule has 1 aromatic rings. The number of piperidine rings is 1. The summed E-state index contributed by atoms with van der Waals surface area (Å²) < 4.78 is 17.6. The normalized spacial score (nSPS) is 22.1. The fourth-order valence-electron chi connectivity index (χ4n) is 4.39. The molecule has 3 heterocycles. The number of likely N-dealkylation sites (tertiary alicyclic amines) is 1. The van der Waals surface area contributed by atoms with Crippen LogP contribution in [0.5, 0.6) is 0 Å². The summed E-state index contributed by atoms with van der Waals surface area (Å²) >= 11 is 0. The first-order valence-electron chi connectivity index (χ1n) is 13.2. The van der Waals surface area contributed by atoms with Gasteiger partial charge in [0.05, 0.1) is 11.2 Å². The van der Waals surface area contributed by atoms with Crippen LogP contribution in [-0.2, 0) is 18.8 Å². The maximum atomic E-state index is 13.4. The molecule has 1 N–H and O–H groups in total. The molecule has 0 radical (unpaired) electrons. The molecule has 0 spiro atoms. The lowest BCUT2D eigenvalue weighted by Crippen LogP contribution is -2.56. The summed E-state index contributed by atoms with van der Waals surface area (Å²) in [6.45, 7) is 18.5. The second-order valence-corrected chi connectivity index (χ2v) is 12.5. The van der Waals surface area contributed by atoms with Crippen LogP contribution in [0.2, 0.25) is 0 Å². The third-order valence-corrected chi connectivity index (χ3v) is 7.36. The molecule has 2 amide bonds. The van der Waals surface area contributed by atoms with Crippen molar-refractivity contribution in [1.82, 2.24) is 20.2 Å². The zero-order valence-corrected chi connectivity index (χ0v) is 24.1. The number of alkyl carbamates (subject to hydrolysis) is 1. The number of nitrogens with one attached hydrogen (secondary N) is 1. The van der Waals surface area contributed by atoms with Crippen molar-refractivity contribution in [3.63, 3.8) is 0 Å². The highest BCUT2D eigenvalue weighted by Crippen LogP contribution is 2.36. The first kappa shape index (κ1) is 29.2. The van der Waals surface area contributed by atoms with Gasteiger partial charge in [-0.05, 0) is 67.2 Å². The molecule has 0 aliphatic carbocycles. The quantitative estimate of drug-likeness (QED) is 0.575. The standard InChI is InChI=1S/C26H44BN5O5/c1-17(2)20(30-23(34)35-24(3,4)5)21(33)32-13-11-12-19(16-32)31(10)22-28-14-18(15-29-22)27-36-25(6,7)26(8,9)37-27/h14-15,17,19-20H,11-13,16H2,1-10H3,(H,30,34)/t19-,20?/m1/s1. The minimum absolute atomic E-state index is 0.0507. The second kappa shape index (κ2) is 10.8. The van der Waals surface area contributed by atoms with Crippen LogP contribution >= 0.6 is 0 Å². The van der Waals surface area contributed by atoms with Crippen LogP contribution in [-0.4, -0.2) is 83.0 Å². The molecule has 2 aliphatic rings. The molecule has 0 aromatic carbocycles. The van der Waals surface area contributed by atoms with E-state index in [2.05, 4.69) is 15.3 Å². The molecule has 2 fully saturated rings. The fourth-order valence-corrected chi connectivity index (χ4v) is 4.39. The van der Waals surface area contributed by atoms with E-state index in [9.17, 15) is 9.59 Å². The molecular formula is C26H44BN5O5. The molecule has 0 bridgehead atoms. The summed E-state index contributed by atoms with van der Waals surface area (Å²) in [6, 6.07) is -0.607. The number of aromatic nitrogens is 2. The SMILES string of the molecule is CC(C)C(NC(=O)OC(C)(C)C)C(=O)N1CCC[C@@H](N(C)c2ncc(B3OC(C)(C)C(C)(C)O3)cn2)C1. The molecule has 3 rings (SSSR count). The maximum absolute atomic E-state index is 13.4. The monoisotopic (exact) mass is 517 g/mol. The number of hydrogen-bond acceptors (Lipinski definition) is 8. The predicted octanol–water partition coefficient (Wildman–Crippen LogP) is 2.75. The number of likely N-dealkylation sites (N-methyl/N-ethyl adjacent to an activating group) is 1. The van der Waals surface area contributed by atoms with E-state index in [1.54, 1.807) is 33.2 Å². The Labute approximate surface area is 222 Å². The average Bonchev–Trinajstić information content (AvgIpc) is 3.02. The van der Waals surface area contributed by atoms with E-state index < -0.39 is 36.1 Å². The van der Waals surface area contributed by atoms with E-state index in [0.29, 0.717) is 19.0 Å². The summed E-state index contributed by atoms with van der Waals surface area (Å²) in [4.78, 5) is 38.8. The number of amides is 2. The summed E-state index contributed by atoms with van der Waals surface area (Å²) in [5, 5.41) is 2.78. The van der Waals surface area contributed by atoms with Crippen molar-refractivity contribution in [1.29, 1.82) is 0 Å². The summed E-state index contributed by atoms with van der Waals surface area (Å²) in [5.74, 6) is 0.395. The lowest BCUT2D eigenvalue weighted by Gasteiger charge is -2.39. The smallest absolute Gasteiger partial charge is 0.444 e. The van der Waals surface area contributed by atoms with E-state index >= 15 is 0 Å². The topological polar surface area (TPSA) is 106 Å². The molecule has 37 heavy (non-hydrogen) atoms. The van der Waals surface area contributed by atoms with Crippen LogP contribution in [0.25, 0.3) is 0 Å². The minimum Gasteiger partial charge on any atom is -0.444 e. The van der Waals surface area contributed by atoms with Gasteiger partial charge in [0.1, 0.15) is 11.6 Å². The van der Waals surface area contributed by atoms with Gasteiger partial charge in [-0.2, -0.15) is 0 Å². The van der Waals surface area contributed by atoms with Crippen molar-refractivity contribution >= 4 is 30.5 Å². The van der Waals surface area contributed by atoms with Gasteiger partial charge in [-0.15, -0.1) is 0 Å². The summed E-state index contributed by atoms with van der Waals surface area (Å²) in [7, 11) is 1.43. The third kappa shape index (κ3) is 6.93. The van der Waals surface area contributed by atoms with Gasteiger partial charge in [0.15, 0.2) is 0 Å². The second-order valence-electron chi connectivity index (χ2n) is 12.5. The van der Waals surface area contributed by atoms with Crippen molar-refractivity contribution in [2.75, 3.05) is 25.0 Å². The Balaban J connectivity index is 1.65. The van der Waals surface area contributed by atoms with Crippen molar-refractivity contribution in [2.24, 2.45) is 5.92 Å². The van der Waals surface area contributed by atoms with Crippen molar-refractivity contribution in [2.45, 2.75) is 104 Å². The Bertz CT molecular complexity index is 947. The fraction of sp³-hybridized carbons (Fsp3) is 0.769. The van der Waals surface area contributed by atoms with Crippen LogP contribution in [0.1, 0.15) is 75.2 Å². The first-order valence-corrected chi connectivity index (χ1v) is 13.2. The lowest BCUT2D eigenvalue weighted by atomic mass is 9.81. The van der Waals surface area contributed by atoms with Crippen molar-refractivity contribution in [3.8, 4) is 0 Å². The predicted molar refractivity (Wildman–Crippen MR) is 144 cm³/mol. The van der Waals surface area contributed by atoms with Crippen LogP contribution in [0.3, 0.4) is 0 Å². The molecule has 0 saturated carbocycles. The van der Waals surface area contributed by atoms with Crippen LogP contribution in [0.4, 0.5) is 10.7 Å². The van der Waals surface area contributed by atoms with E-state index in [1.165, 1.54) is 0 Å². The van der Waals surface area contributed by atoms with Gasteiger partial charge in [-0.3, -0.25) is 4.79 Å². The minimum atomic E-state index is -0.658. The lowest BCUT2D eigenvalue weighted by molar-refractivity contribution is -0.135. The van der Waals surface area contributed by atoms with Crippen molar-refractivity contribution in [3.05, 3.63) is 12.4 Å². The number of rotatable bonds is 6. The Kier molecular flexibility index (Phi) is 8.49.